The summed E-state index contributed by atoms with van der Waals surface area (Å²) in [6.07, 6.45) is 0. The maximum Gasteiger partial charge on any atom is 0.239 e. The van der Waals surface area contributed by atoms with Crippen LogP contribution in [0.15, 0.2) is 6.07 Å². The molecule has 1 amide bonds. The van der Waals surface area contributed by atoms with E-state index < -0.39 is 0 Å². The van der Waals surface area contributed by atoms with Crippen LogP contribution in [0.1, 0.15) is 11.4 Å². The van der Waals surface area contributed by atoms with Gasteiger partial charge in [-0.25, -0.2) is 9.97 Å². The van der Waals surface area contributed by atoms with Crippen molar-refractivity contribution in [2.24, 2.45) is 5.73 Å². The zero-order valence-corrected chi connectivity index (χ0v) is 12.7. The average molecular weight is 297 g/mol. The number of thiocarbonyl (C=S) groups is 1. The molecule has 0 aromatic carbocycles. The summed E-state index contributed by atoms with van der Waals surface area (Å²) in [6.45, 7) is 2.90. The molecule has 0 saturated heterocycles. The lowest BCUT2D eigenvalue weighted by atomic mass is 10.3. The van der Waals surface area contributed by atoms with Crippen LogP contribution in [-0.4, -0.2) is 54.7 Å². The third-order valence-electron chi connectivity index (χ3n) is 2.45. The van der Waals surface area contributed by atoms with Crippen LogP contribution < -0.4 is 16.0 Å². The van der Waals surface area contributed by atoms with E-state index in [1.165, 1.54) is 0 Å². The summed E-state index contributed by atoms with van der Waals surface area (Å²) in [6, 6.07) is 1.71. The number of ether oxygens (including phenoxy) is 1. The molecule has 1 aromatic rings. The zero-order chi connectivity index (χ0) is 15.1. The van der Waals surface area contributed by atoms with Gasteiger partial charge in [0, 0.05) is 26.4 Å². The quantitative estimate of drug-likeness (QED) is 0.523. The van der Waals surface area contributed by atoms with Gasteiger partial charge in [-0.3, -0.25) is 4.79 Å². The van der Waals surface area contributed by atoms with Crippen LogP contribution in [0.5, 0.6) is 0 Å². The van der Waals surface area contributed by atoms with Crippen LogP contribution >= 0.6 is 12.2 Å². The summed E-state index contributed by atoms with van der Waals surface area (Å²) in [7, 11) is 3.31. The molecule has 0 spiro atoms. The fourth-order valence-electron chi connectivity index (χ4n) is 1.48. The Balaban J connectivity index is 2.69. The second-order valence-electron chi connectivity index (χ2n) is 4.26. The number of anilines is 1. The minimum absolute atomic E-state index is 0.133. The molecule has 1 heterocycles. The molecule has 0 aliphatic heterocycles. The second kappa shape index (κ2) is 7.71. The maximum absolute atomic E-state index is 11.7. The van der Waals surface area contributed by atoms with Gasteiger partial charge in [0.1, 0.15) is 10.7 Å². The fraction of sp³-hybridized carbons (Fsp3) is 0.500. The Morgan fingerprint density at radius 2 is 2.25 bits per heavy atom. The Kier molecular flexibility index (Phi) is 6.26. The van der Waals surface area contributed by atoms with Crippen LogP contribution in [0.4, 0.5) is 5.95 Å². The molecule has 8 heteroatoms. The lowest BCUT2D eigenvalue weighted by Crippen LogP contribution is -2.37. The molecule has 0 fully saturated rings. The summed E-state index contributed by atoms with van der Waals surface area (Å²) < 4.78 is 4.86. The molecule has 20 heavy (non-hydrogen) atoms. The number of nitrogens with one attached hydrogen (secondary N) is 1. The Bertz CT molecular complexity index is 495. The first-order valence-corrected chi connectivity index (χ1v) is 6.47. The molecule has 1 aromatic heterocycles. The molecule has 0 atom stereocenters. The van der Waals surface area contributed by atoms with Crippen LogP contribution in [0.2, 0.25) is 0 Å². The minimum Gasteiger partial charge on any atom is -0.388 e. The van der Waals surface area contributed by atoms with Gasteiger partial charge in [-0.1, -0.05) is 12.2 Å². The number of nitrogens with two attached hydrogens (primary N) is 1. The molecule has 0 bridgehead atoms. The molecule has 0 radical (unpaired) electrons. The first-order chi connectivity index (χ1) is 9.43. The maximum atomic E-state index is 11.7. The number of carbonyl (C=O) groups excluding carboxylic acids is 1. The van der Waals surface area contributed by atoms with Crippen molar-refractivity contribution in [1.29, 1.82) is 0 Å². The van der Waals surface area contributed by atoms with Crippen molar-refractivity contribution in [2.45, 2.75) is 6.92 Å². The molecule has 0 aliphatic carbocycles. The molecule has 0 saturated carbocycles. The Morgan fingerprint density at radius 3 is 2.85 bits per heavy atom. The van der Waals surface area contributed by atoms with Gasteiger partial charge >= 0.3 is 0 Å². The second-order valence-corrected chi connectivity index (χ2v) is 4.70. The molecule has 3 N–H and O–H groups in total. The number of carbonyl (C=O) groups is 1. The molecule has 110 valence electrons. The molecular weight excluding hydrogens is 278 g/mol. The van der Waals surface area contributed by atoms with Gasteiger partial charge in [0.15, 0.2) is 0 Å². The standard InChI is InChI=1S/C12H19N5O2S/c1-8-6-9(11(13)20)16-12(15-8)17(2)7-10(18)14-4-5-19-3/h6H,4-5,7H2,1-3H3,(H2,13,20)(H,14,18). The van der Waals surface area contributed by atoms with Gasteiger partial charge in [-0.15, -0.1) is 0 Å². The predicted octanol–water partition coefficient (Wildman–Crippen LogP) is -0.382. The van der Waals surface area contributed by atoms with Crippen molar-refractivity contribution in [1.82, 2.24) is 15.3 Å². The highest BCUT2D eigenvalue weighted by Crippen LogP contribution is 2.08. The summed E-state index contributed by atoms with van der Waals surface area (Å²) in [5.74, 6) is 0.279. The van der Waals surface area contributed by atoms with Crippen LogP contribution in [0, 0.1) is 6.92 Å². The van der Waals surface area contributed by atoms with E-state index in [2.05, 4.69) is 15.3 Å². The van der Waals surface area contributed by atoms with Crippen LogP contribution in [-0.2, 0) is 9.53 Å². The van der Waals surface area contributed by atoms with Crippen LogP contribution in [0.3, 0.4) is 0 Å². The van der Waals surface area contributed by atoms with Gasteiger partial charge in [-0.05, 0) is 13.0 Å². The smallest absolute Gasteiger partial charge is 0.239 e. The van der Waals surface area contributed by atoms with E-state index in [1.807, 2.05) is 6.92 Å². The number of aromatic nitrogens is 2. The minimum atomic E-state index is -0.133. The summed E-state index contributed by atoms with van der Waals surface area (Å²) in [5, 5.41) is 2.72. The van der Waals surface area contributed by atoms with Crippen molar-refractivity contribution in [3.63, 3.8) is 0 Å². The first kappa shape index (κ1) is 16.3. The van der Waals surface area contributed by atoms with Gasteiger partial charge in [0.25, 0.3) is 0 Å². The van der Waals surface area contributed by atoms with Gasteiger partial charge in [0.2, 0.25) is 11.9 Å². The van der Waals surface area contributed by atoms with E-state index in [9.17, 15) is 4.79 Å². The van der Waals surface area contributed by atoms with E-state index >= 15 is 0 Å². The number of hydrogen-bond donors (Lipinski definition) is 2. The van der Waals surface area contributed by atoms with Crippen molar-refractivity contribution in [2.75, 3.05) is 38.8 Å². The van der Waals surface area contributed by atoms with E-state index in [4.69, 9.17) is 22.7 Å². The third kappa shape index (κ3) is 5.06. The Morgan fingerprint density at radius 1 is 1.55 bits per heavy atom. The van der Waals surface area contributed by atoms with Gasteiger partial charge < -0.3 is 20.7 Å². The lowest BCUT2D eigenvalue weighted by Gasteiger charge is -2.17. The largest absolute Gasteiger partial charge is 0.388 e. The number of likely N-dealkylation sites (N-methyl/N-ethyl adjacent to an activating group) is 1. The molecule has 0 aliphatic rings. The Labute approximate surface area is 123 Å². The molecule has 0 unspecified atom stereocenters. The first-order valence-electron chi connectivity index (χ1n) is 6.06. The van der Waals surface area contributed by atoms with Crippen molar-refractivity contribution >= 4 is 29.1 Å². The summed E-state index contributed by atoms with van der Waals surface area (Å²) in [4.78, 5) is 22.0. The number of hydrogen-bond acceptors (Lipinski definition) is 6. The normalized spacial score (nSPS) is 10.2. The highest BCUT2D eigenvalue weighted by molar-refractivity contribution is 7.80. The third-order valence-corrected chi connectivity index (χ3v) is 2.65. The number of nitrogens with zero attached hydrogens (tertiary/aromatic N) is 3. The topological polar surface area (TPSA) is 93.4 Å². The molecule has 7 nitrogen and oxygen atoms in total. The predicted molar refractivity (Wildman–Crippen MR) is 80.8 cm³/mol. The number of amides is 1. The summed E-state index contributed by atoms with van der Waals surface area (Å²) >= 11 is 4.90. The lowest BCUT2D eigenvalue weighted by molar-refractivity contribution is -0.119. The van der Waals surface area contributed by atoms with Crippen molar-refractivity contribution < 1.29 is 9.53 Å². The summed E-state index contributed by atoms with van der Waals surface area (Å²) in [5.41, 5.74) is 6.80. The highest BCUT2D eigenvalue weighted by Gasteiger charge is 2.12. The van der Waals surface area contributed by atoms with E-state index in [0.29, 0.717) is 24.8 Å². The van der Waals surface area contributed by atoms with E-state index in [0.717, 1.165) is 5.69 Å². The number of rotatable bonds is 7. The highest BCUT2D eigenvalue weighted by atomic mass is 32.1. The van der Waals surface area contributed by atoms with E-state index in [1.54, 1.807) is 25.1 Å². The number of methoxy groups -OCH3 is 1. The molecule has 1 rings (SSSR count). The van der Waals surface area contributed by atoms with Gasteiger partial charge in [-0.2, -0.15) is 0 Å². The van der Waals surface area contributed by atoms with Crippen molar-refractivity contribution in [3.8, 4) is 0 Å². The van der Waals surface area contributed by atoms with Crippen molar-refractivity contribution in [3.05, 3.63) is 17.5 Å². The number of aryl methyl sites for hydroxylation is 1. The van der Waals surface area contributed by atoms with E-state index in [-0.39, 0.29) is 17.4 Å². The van der Waals surface area contributed by atoms with Crippen LogP contribution in [0.25, 0.3) is 0 Å². The monoisotopic (exact) mass is 297 g/mol. The zero-order valence-electron chi connectivity index (χ0n) is 11.8. The SMILES string of the molecule is COCCNC(=O)CN(C)c1nc(C)cc(C(N)=S)n1. The Hall–Kier alpha value is -1.80. The fourth-order valence-corrected chi connectivity index (χ4v) is 1.59. The molecular formula is C12H19N5O2S. The average Bonchev–Trinajstić information content (AvgIpc) is 2.38. The van der Waals surface area contributed by atoms with Gasteiger partial charge in [0.05, 0.1) is 13.2 Å².